The average Bonchev–Trinajstić information content (AvgIpc) is 3.24. The number of carbonyl (C=O) groups is 9. The van der Waals surface area contributed by atoms with E-state index in [0.717, 1.165) is 0 Å². The summed E-state index contributed by atoms with van der Waals surface area (Å²) in [5.41, 5.74) is 12.5. The highest BCUT2D eigenvalue weighted by molar-refractivity contribution is 5.97. The van der Waals surface area contributed by atoms with Crippen LogP contribution in [0.5, 0.6) is 5.75 Å². The molecule has 0 aliphatic rings. The molecule has 64 heavy (non-hydrogen) atoms. The second-order valence-corrected chi connectivity index (χ2v) is 16.5. The van der Waals surface area contributed by atoms with Gasteiger partial charge < -0.3 is 58.9 Å². The van der Waals surface area contributed by atoms with E-state index in [9.17, 15) is 53.4 Å². The molecule has 2 rings (SSSR count). The first-order valence-corrected chi connectivity index (χ1v) is 21.2. The van der Waals surface area contributed by atoms with Gasteiger partial charge in [-0.2, -0.15) is 0 Å². The minimum absolute atomic E-state index is 0.00839. The van der Waals surface area contributed by atoms with Crippen molar-refractivity contribution in [2.24, 2.45) is 29.2 Å². The van der Waals surface area contributed by atoms with Gasteiger partial charge in [0.15, 0.2) is 0 Å². The number of carboxylic acids is 1. The average molecular weight is 896 g/mol. The molecule has 0 saturated heterocycles. The number of hydrogen-bond donors (Lipinski definition) is 11. The number of rotatable bonds is 26. The first-order chi connectivity index (χ1) is 30.0. The largest absolute Gasteiger partial charge is 0.508 e. The van der Waals surface area contributed by atoms with Crippen LogP contribution in [-0.4, -0.2) is 112 Å². The number of carbonyl (C=O) groups excluding carboxylic acids is 8. The van der Waals surface area contributed by atoms with Gasteiger partial charge in [0.05, 0.1) is 12.6 Å². The third-order valence-corrected chi connectivity index (χ3v) is 10.4. The summed E-state index contributed by atoms with van der Waals surface area (Å²) in [6.07, 6.45) is -0.528. The molecule has 352 valence electrons. The summed E-state index contributed by atoms with van der Waals surface area (Å²) >= 11 is 0. The molecule has 0 aromatic heterocycles. The van der Waals surface area contributed by atoms with Gasteiger partial charge in [0.1, 0.15) is 42.0 Å². The molecular weight excluding hydrogens is 831 g/mol. The number of phenols is 1. The number of primary amides is 1. The fraction of sp³-hybridized carbons (Fsp3) is 0.523. The van der Waals surface area contributed by atoms with Crippen LogP contribution in [-0.2, 0) is 56.0 Å². The maximum Gasteiger partial charge on any atom is 0.303 e. The van der Waals surface area contributed by atoms with Gasteiger partial charge in [0.2, 0.25) is 47.3 Å². The van der Waals surface area contributed by atoms with Crippen molar-refractivity contribution in [3.8, 4) is 5.75 Å². The Kier molecular flexibility index (Phi) is 21.9. The Morgan fingerprint density at radius 1 is 0.578 bits per heavy atom. The van der Waals surface area contributed by atoms with Crippen molar-refractivity contribution in [2.75, 3.05) is 6.54 Å². The van der Waals surface area contributed by atoms with Gasteiger partial charge in [-0.25, -0.2) is 0 Å². The van der Waals surface area contributed by atoms with Crippen LogP contribution in [0.2, 0.25) is 0 Å². The Hall–Kier alpha value is -6.57. The molecule has 0 heterocycles. The number of aromatic hydroxyl groups is 1. The van der Waals surface area contributed by atoms with Crippen LogP contribution in [0.4, 0.5) is 0 Å². The zero-order valence-electron chi connectivity index (χ0n) is 37.4. The molecule has 13 N–H and O–H groups in total. The standard InChI is InChI=1S/C44H65N9O11/c1-8-25(6)35(46)42(62)51-31(21-28-14-16-29(54)17-15-28)40(60)48-26(7)38(58)50-32(20-27-12-10-9-11-13-27)41(61)49-30(18-19-34(56)57)39(59)52-37(24(4)5)44(64)53-36(23(2)3)43(63)47-22-33(45)55/h9-17,23-26,30-32,35-37,54H,8,18-22,46H2,1-7H3,(H2,45,55)(H,47,63)(H,48,60)(H,49,61)(H,50,58)(H,51,62)(H,52,59)(H,53,64)(H,56,57)/t25-,26+,30-,31-,32-,35-,36-,37-/m0/s1. The second kappa shape index (κ2) is 26.1. The van der Waals surface area contributed by atoms with E-state index in [1.165, 1.54) is 19.1 Å². The molecule has 0 fully saturated rings. The fourth-order valence-electron chi connectivity index (χ4n) is 6.25. The van der Waals surface area contributed by atoms with Crippen LogP contribution in [0.25, 0.3) is 0 Å². The molecule has 0 bridgehead atoms. The van der Waals surface area contributed by atoms with Crippen molar-refractivity contribution in [1.82, 2.24) is 37.2 Å². The van der Waals surface area contributed by atoms with Crippen LogP contribution >= 0.6 is 0 Å². The van der Waals surface area contributed by atoms with Gasteiger partial charge in [-0.15, -0.1) is 0 Å². The van der Waals surface area contributed by atoms with Crippen LogP contribution < -0.4 is 48.7 Å². The molecule has 0 unspecified atom stereocenters. The van der Waals surface area contributed by atoms with Crippen molar-refractivity contribution in [1.29, 1.82) is 0 Å². The van der Waals surface area contributed by atoms with Crippen molar-refractivity contribution in [3.05, 3.63) is 65.7 Å². The van der Waals surface area contributed by atoms with E-state index in [-0.39, 0.29) is 24.5 Å². The van der Waals surface area contributed by atoms with Gasteiger partial charge in [0, 0.05) is 19.3 Å². The van der Waals surface area contributed by atoms with Gasteiger partial charge in [-0.3, -0.25) is 43.2 Å². The summed E-state index contributed by atoms with van der Waals surface area (Å²) in [4.78, 5) is 118. The molecule has 2 aromatic rings. The van der Waals surface area contributed by atoms with Crippen LogP contribution in [0, 0.1) is 17.8 Å². The van der Waals surface area contributed by atoms with Crippen LogP contribution in [0.1, 0.15) is 78.9 Å². The summed E-state index contributed by atoms with van der Waals surface area (Å²) in [6.45, 7) is 11.1. The number of phenolic OH excluding ortho intramolecular Hbond substituents is 1. The Balaban J connectivity index is 2.36. The van der Waals surface area contributed by atoms with Gasteiger partial charge in [-0.05, 0) is 54.4 Å². The predicted octanol–water partition coefficient (Wildman–Crippen LogP) is -0.742. The minimum atomic E-state index is -1.53. The lowest BCUT2D eigenvalue weighted by Gasteiger charge is -2.29. The van der Waals surface area contributed by atoms with Crippen LogP contribution in [0.15, 0.2) is 54.6 Å². The Labute approximate surface area is 373 Å². The van der Waals surface area contributed by atoms with Crippen molar-refractivity contribution >= 4 is 53.2 Å². The maximum absolute atomic E-state index is 14.1. The molecule has 0 saturated carbocycles. The van der Waals surface area contributed by atoms with Crippen molar-refractivity contribution < 1.29 is 53.4 Å². The Morgan fingerprint density at radius 2 is 1.05 bits per heavy atom. The van der Waals surface area contributed by atoms with E-state index in [1.54, 1.807) is 77.1 Å². The monoisotopic (exact) mass is 895 g/mol. The van der Waals surface area contributed by atoms with Gasteiger partial charge >= 0.3 is 5.97 Å². The SMILES string of the molecule is CC[C@H](C)[C@H](N)C(=O)N[C@@H](Cc1ccc(O)cc1)C(=O)N[C@H](C)C(=O)N[C@@H](Cc1ccccc1)C(=O)N[C@@H](CCC(=O)O)C(=O)N[C@H](C(=O)N[C@H](C(=O)NCC(N)=O)C(C)C)C(C)C. The molecule has 0 aliphatic carbocycles. The molecule has 20 nitrogen and oxygen atoms in total. The molecular formula is C44H65N9O11. The van der Waals surface area contributed by atoms with E-state index in [0.29, 0.717) is 17.5 Å². The number of nitrogens with one attached hydrogen (secondary N) is 7. The highest BCUT2D eigenvalue weighted by Gasteiger charge is 2.35. The van der Waals surface area contributed by atoms with E-state index < -0.39 is 127 Å². The van der Waals surface area contributed by atoms with Crippen molar-refractivity contribution in [2.45, 2.75) is 123 Å². The number of nitrogens with two attached hydrogens (primary N) is 2. The van der Waals surface area contributed by atoms with Crippen molar-refractivity contribution in [3.63, 3.8) is 0 Å². The predicted molar refractivity (Wildman–Crippen MR) is 235 cm³/mol. The van der Waals surface area contributed by atoms with E-state index in [1.807, 2.05) is 6.92 Å². The lowest BCUT2D eigenvalue weighted by Crippen LogP contribution is -2.61. The summed E-state index contributed by atoms with van der Waals surface area (Å²) < 4.78 is 0. The van der Waals surface area contributed by atoms with Crippen LogP contribution in [0.3, 0.4) is 0 Å². The third-order valence-electron chi connectivity index (χ3n) is 10.4. The van der Waals surface area contributed by atoms with E-state index >= 15 is 0 Å². The molecule has 8 amide bonds. The summed E-state index contributed by atoms with van der Waals surface area (Å²) in [7, 11) is 0. The molecule has 0 spiro atoms. The number of aliphatic carboxylic acids is 1. The summed E-state index contributed by atoms with van der Waals surface area (Å²) in [5, 5.41) is 37.1. The lowest BCUT2D eigenvalue weighted by molar-refractivity contribution is -0.139. The third kappa shape index (κ3) is 18.0. The first kappa shape index (κ1) is 53.6. The molecule has 0 radical (unpaired) electrons. The molecule has 20 heteroatoms. The molecule has 2 aromatic carbocycles. The fourth-order valence-corrected chi connectivity index (χ4v) is 6.25. The summed E-state index contributed by atoms with van der Waals surface area (Å²) in [5.74, 6) is -8.77. The number of amides is 8. The van der Waals surface area contributed by atoms with Gasteiger partial charge in [-0.1, -0.05) is 90.4 Å². The second-order valence-electron chi connectivity index (χ2n) is 16.5. The highest BCUT2D eigenvalue weighted by atomic mass is 16.4. The number of benzene rings is 2. The smallest absolute Gasteiger partial charge is 0.303 e. The summed E-state index contributed by atoms with van der Waals surface area (Å²) in [6, 6.07) is 5.77. The highest BCUT2D eigenvalue weighted by Crippen LogP contribution is 2.14. The Bertz CT molecular complexity index is 1930. The van der Waals surface area contributed by atoms with Gasteiger partial charge in [0.25, 0.3) is 0 Å². The number of carboxylic acid groups (broad SMARTS) is 1. The number of hydrogen-bond acceptors (Lipinski definition) is 11. The van der Waals surface area contributed by atoms with E-state index in [4.69, 9.17) is 11.5 Å². The normalized spacial score (nSPS) is 14.8. The molecule has 8 atom stereocenters. The topological polar surface area (TPSA) is 330 Å². The first-order valence-electron chi connectivity index (χ1n) is 21.2. The Morgan fingerprint density at radius 3 is 1.56 bits per heavy atom. The van der Waals surface area contributed by atoms with E-state index in [2.05, 4.69) is 37.2 Å². The zero-order chi connectivity index (χ0) is 48.3. The molecule has 0 aliphatic heterocycles. The lowest BCUT2D eigenvalue weighted by atomic mass is 9.98. The zero-order valence-corrected chi connectivity index (χ0v) is 37.4. The quantitative estimate of drug-likeness (QED) is 0.0557. The maximum atomic E-state index is 14.1. The minimum Gasteiger partial charge on any atom is -0.508 e.